The van der Waals surface area contributed by atoms with Crippen LogP contribution in [-0.2, 0) is 9.53 Å². The van der Waals surface area contributed by atoms with Gasteiger partial charge in [0.2, 0.25) is 0 Å². The topological polar surface area (TPSA) is 73.9 Å². The fraction of sp³-hybridized carbons (Fsp3) is 0.333. The Kier molecular flexibility index (Phi) is 7.37. The molecule has 0 spiro atoms. The summed E-state index contributed by atoms with van der Waals surface area (Å²) in [7, 11) is 1.48. The Morgan fingerprint density at radius 2 is 1.71 bits per heavy atom. The molecule has 1 atom stereocenters. The van der Waals surface area contributed by atoms with Crippen LogP contribution in [0.25, 0.3) is 0 Å². The van der Waals surface area contributed by atoms with Crippen LogP contribution in [0.2, 0.25) is 0 Å². The molecule has 2 aromatic carbocycles. The van der Waals surface area contributed by atoms with Crippen LogP contribution in [0.5, 0.6) is 11.5 Å². The molecular weight excluding hydrogens is 365 g/mol. The molecule has 28 heavy (non-hydrogen) atoms. The van der Waals surface area contributed by atoms with E-state index < -0.39 is 23.8 Å². The van der Waals surface area contributed by atoms with Gasteiger partial charge in [-0.1, -0.05) is 13.8 Å². The number of carbonyl (C=O) groups excluding carboxylic acids is 2. The van der Waals surface area contributed by atoms with Gasteiger partial charge in [0.25, 0.3) is 5.91 Å². The van der Waals surface area contributed by atoms with E-state index in [1.165, 1.54) is 44.4 Å². The first-order valence-electron chi connectivity index (χ1n) is 8.88. The third-order valence-electron chi connectivity index (χ3n) is 3.74. The molecule has 150 valence electrons. The third-order valence-corrected chi connectivity index (χ3v) is 3.74. The maximum Gasteiger partial charge on any atom is 0.339 e. The van der Waals surface area contributed by atoms with Crippen LogP contribution in [0.3, 0.4) is 0 Å². The second kappa shape index (κ2) is 9.73. The number of ether oxygens (including phenoxy) is 3. The number of hydrogen-bond donors (Lipinski definition) is 1. The van der Waals surface area contributed by atoms with E-state index in [0.717, 1.165) is 0 Å². The molecule has 0 aliphatic carbocycles. The first-order valence-corrected chi connectivity index (χ1v) is 8.88. The molecule has 7 heteroatoms. The van der Waals surface area contributed by atoms with Crippen molar-refractivity contribution in [3.63, 3.8) is 0 Å². The van der Waals surface area contributed by atoms with E-state index in [1.54, 1.807) is 12.1 Å². The van der Waals surface area contributed by atoms with E-state index in [4.69, 9.17) is 14.2 Å². The molecule has 0 aliphatic rings. The normalized spacial score (nSPS) is 11.6. The highest BCUT2D eigenvalue weighted by Crippen LogP contribution is 2.29. The maximum absolute atomic E-state index is 12.9. The van der Waals surface area contributed by atoms with Gasteiger partial charge in [0.05, 0.1) is 19.3 Å². The molecule has 0 radical (unpaired) electrons. The van der Waals surface area contributed by atoms with Crippen molar-refractivity contribution in [1.82, 2.24) is 0 Å². The zero-order chi connectivity index (χ0) is 20.7. The Labute approximate surface area is 163 Å². The first-order chi connectivity index (χ1) is 13.3. The van der Waals surface area contributed by atoms with Crippen molar-refractivity contribution >= 4 is 17.6 Å². The highest BCUT2D eigenvalue weighted by atomic mass is 19.1. The lowest BCUT2D eigenvalue weighted by Crippen LogP contribution is -2.30. The molecule has 2 rings (SSSR count). The van der Waals surface area contributed by atoms with E-state index in [2.05, 4.69) is 5.32 Å². The summed E-state index contributed by atoms with van der Waals surface area (Å²) in [4.78, 5) is 24.5. The average molecular weight is 389 g/mol. The minimum atomic E-state index is -1.04. The third kappa shape index (κ3) is 5.97. The zero-order valence-corrected chi connectivity index (χ0v) is 16.3. The van der Waals surface area contributed by atoms with E-state index >= 15 is 0 Å². The number of nitrogens with one attached hydrogen (secondary N) is 1. The molecule has 0 saturated heterocycles. The van der Waals surface area contributed by atoms with Crippen LogP contribution in [0.15, 0.2) is 42.5 Å². The number of esters is 1. The summed E-state index contributed by atoms with van der Waals surface area (Å²) in [5, 5.41) is 2.56. The summed E-state index contributed by atoms with van der Waals surface area (Å²) >= 11 is 0. The zero-order valence-electron chi connectivity index (χ0n) is 16.3. The number of halogens is 1. The number of rotatable bonds is 8. The standard InChI is InChI=1S/C21H24FNO5/c1-13(2)12-27-18-10-5-15(11-19(18)26-4)21(25)28-14(3)20(24)23-17-8-6-16(22)7-9-17/h5-11,13-14H,12H2,1-4H3,(H,23,24)/t14-/m1/s1. The molecular formula is C21H24FNO5. The van der Waals surface area contributed by atoms with Gasteiger partial charge in [-0.05, 0) is 55.3 Å². The predicted octanol–water partition coefficient (Wildman–Crippen LogP) is 4.05. The number of amides is 1. The molecule has 0 aromatic heterocycles. The van der Waals surface area contributed by atoms with Crippen molar-refractivity contribution in [2.45, 2.75) is 26.9 Å². The highest BCUT2D eigenvalue weighted by molar-refractivity contribution is 5.97. The minimum absolute atomic E-state index is 0.232. The van der Waals surface area contributed by atoms with Crippen LogP contribution in [0.1, 0.15) is 31.1 Å². The van der Waals surface area contributed by atoms with Crippen molar-refractivity contribution in [2.75, 3.05) is 19.0 Å². The second-order valence-electron chi connectivity index (χ2n) is 6.61. The van der Waals surface area contributed by atoms with Gasteiger partial charge in [-0.2, -0.15) is 0 Å². The van der Waals surface area contributed by atoms with Crippen molar-refractivity contribution < 1.29 is 28.2 Å². The molecule has 0 saturated carbocycles. The molecule has 0 bridgehead atoms. The number of carbonyl (C=O) groups is 2. The summed E-state index contributed by atoms with van der Waals surface area (Å²) < 4.78 is 29.0. The minimum Gasteiger partial charge on any atom is -0.493 e. The summed E-state index contributed by atoms with van der Waals surface area (Å²) in [6.45, 7) is 6.02. The Morgan fingerprint density at radius 3 is 2.32 bits per heavy atom. The molecule has 1 amide bonds. The SMILES string of the molecule is COc1cc(C(=O)O[C@H](C)C(=O)Nc2ccc(F)cc2)ccc1OCC(C)C. The Hall–Kier alpha value is -3.09. The van der Waals surface area contributed by atoms with E-state index in [-0.39, 0.29) is 5.56 Å². The Morgan fingerprint density at radius 1 is 1.04 bits per heavy atom. The smallest absolute Gasteiger partial charge is 0.339 e. The Balaban J connectivity index is 2.00. The van der Waals surface area contributed by atoms with Gasteiger partial charge >= 0.3 is 5.97 Å². The molecule has 2 aromatic rings. The van der Waals surface area contributed by atoms with Gasteiger partial charge in [0, 0.05) is 5.69 Å². The van der Waals surface area contributed by atoms with Crippen LogP contribution in [-0.4, -0.2) is 31.7 Å². The van der Waals surface area contributed by atoms with Gasteiger partial charge < -0.3 is 19.5 Å². The van der Waals surface area contributed by atoms with Crippen LogP contribution in [0, 0.1) is 11.7 Å². The van der Waals surface area contributed by atoms with Gasteiger partial charge in [-0.25, -0.2) is 9.18 Å². The molecule has 0 aliphatic heterocycles. The van der Waals surface area contributed by atoms with Gasteiger partial charge in [0.15, 0.2) is 17.6 Å². The second-order valence-corrected chi connectivity index (χ2v) is 6.61. The Bertz CT molecular complexity index is 820. The van der Waals surface area contributed by atoms with Crippen LogP contribution in [0.4, 0.5) is 10.1 Å². The molecule has 0 fully saturated rings. The monoisotopic (exact) mass is 389 g/mol. The predicted molar refractivity (Wildman–Crippen MR) is 103 cm³/mol. The molecule has 0 unspecified atom stereocenters. The number of methoxy groups -OCH3 is 1. The highest BCUT2D eigenvalue weighted by Gasteiger charge is 2.20. The summed E-state index contributed by atoms with van der Waals surface area (Å²) in [5.41, 5.74) is 0.637. The van der Waals surface area contributed by atoms with Crippen molar-refractivity contribution in [3.8, 4) is 11.5 Å². The number of hydrogen-bond acceptors (Lipinski definition) is 5. The first kappa shape index (κ1) is 21.2. The molecule has 1 N–H and O–H groups in total. The van der Waals surface area contributed by atoms with Gasteiger partial charge in [0.1, 0.15) is 5.82 Å². The summed E-state index contributed by atoms with van der Waals surface area (Å²) in [6.07, 6.45) is -1.04. The number of anilines is 1. The van der Waals surface area contributed by atoms with E-state index in [1.807, 2.05) is 13.8 Å². The van der Waals surface area contributed by atoms with Gasteiger partial charge in [-0.3, -0.25) is 4.79 Å². The van der Waals surface area contributed by atoms with Crippen molar-refractivity contribution in [3.05, 3.63) is 53.8 Å². The van der Waals surface area contributed by atoms with Crippen molar-refractivity contribution in [1.29, 1.82) is 0 Å². The lowest BCUT2D eigenvalue weighted by atomic mass is 10.2. The van der Waals surface area contributed by atoms with Crippen LogP contribution < -0.4 is 14.8 Å². The van der Waals surface area contributed by atoms with E-state index in [9.17, 15) is 14.0 Å². The van der Waals surface area contributed by atoms with E-state index in [0.29, 0.717) is 29.7 Å². The fourth-order valence-electron chi connectivity index (χ4n) is 2.23. The summed E-state index contributed by atoms with van der Waals surface area (Å²) in [5.74, 6) is -0.338. The number of benzene rings is 2. The molecule has 6 nitrogen and oxygen atoms in total. The lowest BCUT2D eigenvalue weighted by molar-refractivity contribution is -0.123. The largest absolute Gasteiger partial charge is 0.493 e. The fourth-order valence-corrected chi connectivity index (χ4v) is 2.23. The lowest BCUT2D eigenvalue weighted by Gasteiger charge is -2.15. The van der Waals surface area contributed by atoms with Crippen molar-refractivity contribution in [2.24, 2.45) is 5.92 Å². The van der Waals surface area contributed by atoms with Gasteiger partial charge in [-0.15, -0.1) is 0 Å². The molecule has 0 heterocycles. The summed E-state index contributed by atoms with van der Waals surface area (Å²) in [6, 6.07) is 9.96. The van der Waals surface area contributed by atoms with Crippen LogP contribution >= 0.6 is 0 Å². The average Bonchev–Trinajstić information content (AvgIpc) is 2.67. The maximum atomic E-state index is 12.9. The quantitative estimate of drug-likeness (QED) is 0.690.